The number of rotatable bonds is 4. The van der Waals surface area contributed by atoms with E-state index in [2.05, 4.69) is 0 Å². The molecule has 0 bridgehead atoms. The van der Waals surface area contributed by atoms with Crippen molar-refractivity contribution in [1.82, 2.24) is 4.90 Å². The number of carboxylic acids is 1. The van der Waals surface area contributed by atoms with Gasteiger partial charge in [-0.2, -0.15) is 0 Å². The molecule has 0 heterocycles. The minimum absolute atomic E-state index is 0.233. The van der Waals surface area contributed by atoms with E-state index in [1.807, 2.05) is 19.1 Å². The summed E-state index contributed by atoms with van der Waals surface area (Å²) in [4.78, 5) is 23.9. The lowest BCUT2D eigenvalue weighted by atomic mass is 10.1. The number of amides is 1. The molecule has 1 rings (SSSR count). The van der Waals surface area contributed by atoms with E-state index in [0.717, 1.165) is 5.56 Å². The van der Waals surface area contributed by atoms with Gasteiger partial charge in [0.2, 0.25) is 0 Å². The SMILES string of the molecule is CCN(CC(=O)O)C(=O)c1ccccc1C. The molecule has 1 N–H and O–H groups in total. The van der Waals surface area contributed by atoms with Gasteiger partial charge < -0.3 is 10.0 Å². The monoisotopic (exact) mass is 221 g/mol. The quantitative estimate of drug-likeness (QED) is 0.839. The van der Waals surface area contributed by atoms with Crippen LogP contribution >= 0.6 is 0 Å². The molecule has 0 aliphatic carbocycles. The first-order valence-corrected chi connectivity index (χ1v) is 5.13. The van der Waals surface area contributed by atoms with Crippen LogP contribution < -0.4 is 0 Å². The summed E-state index contributed by atoms with van der Waals surface area (Å²) in [5.41, 5.74) is 1.42. The van der Waals surface area contributed by atoms with Gasteiger partial charge in [-0.1, -0.05) is 18.2 Å². The highest BCUT2D eigenvalue weighted by Crippen LogP contribution is 2.10. The first kappa shape index (κ1) is 12.2. The largest absolute Gasteiger partial charge is 0.480 e. The zero-order valence-corrected chi connectivity index (χ0v) is 9.43. The molecule has 0 radical (unpaired) electrons. The summed E-state index contributed by atoms with van der Waals surface area (Å²) < 4.78 is 0. The third-order valence-electron chi connectivity index (χ3n) is 2.37. The molecule has 16 heavy (non-hydrogen) atoms. The average molecular weight is 221 g/mol. The number of aryl methyl sites for hydroxylation is 1. The van der Waals surface area contributed by atoms with Crippen LogP contribution in [0, 0.1) is 6.92 Å². The van der Waals surface area contributed by atoms with Crippen molar-refractivity contribution in [2.24, 2.45) is 0 Å². The van der Waals surface area contributed by atoms with Crippen molar-refractivity contribution in [3.63, 3.8) is 0 Å². The second-order valence-corrected chi connectivity index (χ2v) is 3.53. The van der Waals surface area contributed by atoms with E-state index in [9.17, 15) is 9.59 Å². The third-order valence-corrected chi connectivity index (χ3v) is 2.37. The number of nitrogens with zero attached hydrogens (tertiary/aromatic N) is 1. The Morgan fingerprint density at radius 2 is 1.94 bits per heavy atom. The Hall–Kier alpha value is -1.84. The number of likely N-dealkylation sites (N-methyl/N-ethyl adjacent to an activating group) is 1. The number of carbonyl (C=O) groups excluding carboxylic acids is 1. The van der Waals surface area contributed by atoms with Gasteiger partial charge in [-0.05, 0) is 25.5 Å². The first-order chi connectivity index (χ1) is 7.56. The lowest BCUT2D eigenvalue weighted by Gasteiger charge is -2.19. The molecule has 0 unspecified atom stereocenters. The number of hydrogen-bond acceptors (Lipinski definition) is 2. The Bertz CT molecular complexity index is 401. The van der Waals surface area contributed by atoms with E-state index < -0.39 is 5.97 Å². The van der Waals surface area contributed by atoms with Gasteiger partial charge in [0.05, 0.1) is 0 Å². The van der Waals surface area contributed by atoms with Crippen molar-refractivity contribution in [2.75, 3.05) is 13.1 Å². The highest BCUT2D eigenvalue weighted by molar-refractivity contribution is 5.97. The van der Waals surface area contributed by atoms with Gasteiger partial charge in [-0.15, -0.1) is 0 Å². The van der Waals surface area contributed by atoms with Crippen LogP contribution in [0.5, 0.6) is 0 Å². The molecule has 4 heteroatoms. The molecule has 0 spiro atoms. The summed E-state index contributed by atoms with van der Waals surface area (Å²) in [7, 11) is 0. The third kappa shape index (κ3) is 2.82. The average Bonchev–Trinajstić information content (AvgIpc) is 2.25. The molecule has 0 aliphatic rings. The van der Waals surface area contributed by atoms with Gasteiger partial charge in [0.15, 0.2) is 0 Å². The van der Waals surface area contributed by atoms with Crippen LogP contribution in [0.1, 0.15) is 22.8 Å². The van der Waals surface area contributed by atoms with Gasteiger partial charge in [0, 0.05) is 12.1 Å². The fourth-order valence-electron chi connectivity index (χ4n) is 1.47. The number of benzene rings is 1. The van der Waals surface area contributed by atoms with E-state index in [1.54, 1.807) is 19.1 Å². The van der Waals surface area contributed by atoms with Crippen LogP contribution in [-0.4, -0.2) is 35.0 Å². The second kappa shape index (κ2) is 5.30. The molecule has 0 aromatic heterocycles. The van der Waals surface area contributed by atoms with Gasteiger partial charge in [-0.25, -0.2) is 0 Å². The maximum Gasteiger partial charge on any atom is 0.323 e. The van der Waals surface area contributed by atoms with E-state index in [1.165, 1.54) is 4.90 Å². The van der Waals surface area contributed by atoms with E-state index >= 15 is 0 Å². The Balaban J connectivity index is 2.91. The highest BCUT2D eigenvalue weighted by atomic mass is 16.4. The smallest absolute Gasteiger partial charge is 0.323 e. The summed E-state index contributed by atoms with van der Waals surface area (Å²) in [5.74, 6) is -1.23. The van der Waals surface area contributed by atoms with E-state index in [4.69, 9.17) is 5.11 Å². The molecule has 0 atom stereocenters. The van der Waals surface area contributed by atoms with Crippen LogP contribution in [0.25, 0.3) is 0 Å². The zero-order valence-electron chi connectivity index (χ0n) is 9.43. The van der Waals surface area contributed by atoms with Gasteiger partial charge >= 0.3 is 5.97 Å². The molecule has 0 fully saturated rings. The molecule has 1 amide bonds. The second-order valence-electron chi connectivity index (χ2n) is 3.53. The first-order valence-electron chi connectivity index (χ1n) is 5.13. The predicted octanol–water partition coefficient (Wildman–Crippen LogP) is 1.54. The zero-order chi connectivity index (χ0) is 12.1. The van der Waals surface area contributed by atoms with Crippen molar-refractivity contribution < 1.29 is 14.7 Å². The molecule has 1 aromatic rings. The van der Waals surface area contributed by atoms with Gasteiger partial charge in [0.1, 0.15) is 6.54 Å². The van der Waals surface area contributed by atoms with Crippen LogP contribution in [-0.2, 0) is 4.79 Å². The van der Waals surface area contributed by atoms with Crippen LogP contribution in [0.15, 0.2) is 24.3 Å². The standard InChI is InChI=1S/C12H15NO3/c1-3-13(8-11(14)15)12(16)10-7-5-4-6-9(10)2/h4-7H,3,8H2,1-2H3,(H,14,15). The Labute approximate surface area is 94.5 Å². The summed E-state index contributed by atoms with van der Waals surface area (Å²) in [6.45, 7) is 3.73. The Kier molecular flexibility index (Phi) is 4.05. The molecule has 0 saturated heterocycles. The summed E-state index contributed by atoms with van der Waals surface area (Å²) in [6, 6.07) is 7.17. The summed E-state index contributed by atoms with van der Waals surface area (Å²) in [6.07, 6.45) is 0. The lowest BCUT2D eigenvalue weighted by molar-refractivity contribution is -0.137. The maximum atomic E-state index is 12.0. The number of carbonyl (C=O) groups is 2. The molecule has 4 nitrogen and oxygen atoms in total. The summed E-state index contributed by atoms with van der Waals surface area (Å²) in [5, 5.41) is 8.69. The van der Waals surface area contributed by atoms with E-state index in [0.29, 0.717) is 12.1 Å². The molecule has 86 valence electrons. The Morgan fingerprint density at radius 1 is 1.31 bits per heavy atom. The van der Waals surface area contributed by atoms with Crippen LogP contribution in [0.2, 0.25) is 0 Å². The molecular formula is C12H15NO3. The minimum atomic E-state index is -0.996. The maximum absolute atomic E-state index is 12.0. The van der Waals surface area contributed by atoms with Crippen LogP contribution in [0.3, 0.4) is 0 Å². The van der Waals surface area contributed by atoms with Crippen molar-refractivity contribution in [3.8, 4) is 0 Å². The number of aliphatic carboxylic acids is 1. The van der Waals surface area contributed by atoms with Crippen molar-refractivity contribution in [1.29, 1.82) is 0 Å². The Morgan fingerprint density at radius 3 is 2.44 bits per heavy atom. The predicted molar refractivity (Wildman–Crippen MR) is 60.4 cm³/mol. The summed E-state index contributed by atoms with van der Waals surface area (Å²) >= 11 is 0. The molecule has 1 aromatic carbocycles. The molecule has 0 aliphatic heterocycles. The molecule has 0 saturated carbocycles. The number of hydrogen-bond donors (Lipinski definition) is 1. The molecular weight excluding hydrogens is 206 g/mol. The number of carboxylic acid groups (broad SMARTS) is 1. The normalized spacial score (nSPS) is 9.88. The van der Waals surface area contributed by atoms with Crippen molar-refractivity contribution in [3.05, 3.63) is 35.4 Å². The van der Waals surface area contributed by atoms with Gasteiger partial charge in [-0.3, -0.25) is 9.59 Å². The van der Waals surface area contributed by atoms with E-state index in [-0.39, 0.29) is 12.5 Å². The minimum Gasteiger partial charge on any atom is -0.480 e. The fourth-order valence-corrected chi connectivity index (χ4v) is 1.47. The van der Waals surface area contributed by atoms with Gasteiger partial charge in [0.25, 0.3) is 5.91 Å². The lowest BCUT2D eigenvalue weighted by Crippen LogP contribution is -2.35. The topological polar surface area (TPSA) is 57.6 Å². The highest BCUT2D eigenvalue weighted by Gasteiger charge is 2.17. The fraction of sp³-hybridized carbons (Fsp3) is 0.333. The van der Waals surface area contributed by atoms with Crippen LogP contribution in [0.4, 0.5) is 0 Å². The van der Waals surface area contributed by atoms with Crippen molar-refractivity contribution >= 4 is 11.9 Å². The van der Waals surface area contributed by atoms with Crippen molar-refractivity contribution in [2.45, 2.75) is 13.8 Å².